The van der Waals surface area contributed by atoms with Crippen LogP contribution < -0.4 is 20.1 Å². The highest BCUT2D eigenvalue weighted by Gasteiger charge is 2.35. The summed E-state index contributed by atoms with van der Waals surface area (Å²) in [5, 5.41) is 6.12. The number of amides is 2. The molecule has 0 aliphatic carbocycles. The van der Waals surface area contributed by atoms with Crippen molar-refractivity contribution in [1.82, 2.24) is 20.4 Å². The van der Waals surface area contributed by atoms with Crippen LogP contribution >= 0.6 is 11.6 Å². The fraction of sp³-hybridized carbons (Fsp3) is 0.360. The normalized spacial score (nSPS) is 20.4. The lowest BCUT2D eigenvalue weighted by Gasteiger charge is -2.37. The molecular formula is C25H27ClN4O5. The van der Waals surface area contributed by atoms with Crippen molar-refractivity contribution in [3.63, 3.8) is 0 Å². The number of benzene rings is 2. The van der Waals surface area contributed by atoms with Crippen LogP contribution in [-0.4, -0.2) is 68.4 Å². The van der Waals surface area contributed by atoms with Gasteiger partial charge in [0.1, 0.15) is 0 Å². The van der Waals surface area contributed by atoms with Crippen LogP contribution in [0.4, 0.5) is 4.79 Å². The molecule has 1 saturated heterocycles. The van der Waals surface area contributed by atoms with Crippen LogP contribution in [0.15, 0.2) is 53.7 Å². The number of carbonyl (C=O) groups is 2. The maximum atomic E-state index is 12.8. The molecule has 2 amide bonds. The zero-order valence-corrected chi connectivity index (χ0v) is 20.1. The summed E-state index contributed by atoms with van der Waals surface area (Å²) >= 11 is 6.39. The van der Waals surface area contributed by atoms with Crippen LogP contribution in [0, 0.1) is 0 Å². The van der Waals surface area contributed by atoms with Crippen molar-refractivity contribution in [1.29, 1.82) is 0 Å². The number of halogens is 1. The first-order chi connectivity index (χ1) is 17.0. The number of hydrogen-bond donors (Lipinski definition) is 2. The average Bonchev–Trinajstić information content (AvgIpc) is 3.33. The van der Waals surface area contributed by atoms with E-state index in [-0.39, 0.29) is 12.8 Å². The van der Waals surface area contributed by atoms with E-state index in [0.717, 1.165) is 44.2 Å². The maximum absolute atomic E-state index is 12.8. The smallest absolute Gasteiger partial charge is 0.338 e. The molecule has 35 heavy (non-hydrogen) atoms. The Morgan fingerprint density at radius 3 is 2.51 bits per heavy atom. The van der Waals surface area contributed by atoms with E-state index in [1.807, 2.05) is 18.2 Å². The molecule has 3 heterocycles. The molecule has 0 bridgehead atoms. The number of rotatable bonds is 6. The number of methoxy groups -OCH3 is 1. The molecule has 1 atom stereocenters. The summed E-state index contributed by atoms with van der Waals surface area (Å²) in [5.74, 6) is 1.07. The Hall–Kier alpha value is -3.27. The zero-order chi connectivity index (χ0) is 24.4. The summed E-state index contributed by atoms with van der Waals surface area (Å²) < 4.78 is 16.0. The first-order valence-corrected chi connectivity index (χ1v) is 11.9. The van der Waals surface area contributed by atoms with Gasteiger partial charge in [-0.25, -0.2) is 9.59 Å². The molecular weight excluding hydrogens is 472 g/mol. The topological polar surface area (TPSA) is 92.4 Å². The van der Waals surface area contributed by atoms with Gasteiger partial charge < -0.3 is 24.8 Å². The minimum absolute atomic E-state index is 0.268. The first-order valence-electron chi connectivity index (χ1n) is 11.5. The molecule has 0 aromatic heterocycles. The summed E-state index contributed by atoms with van der Waals surface area (Å²) in [6.45, 7) is 4.81. The van der Waals surface area contributed by atoms with Gasteiger partial charge >= 0.3 is 12.0 Å². The van der Waals surface area contributed by atoms with Crippen molar-refractivity contribution in [2.45, 2.75) is 12.6 Å². The predicted octanol–water partition coefficient (Wildman–Crippen LogP) is 2.67. The van der Waals surface area contributed by atoms with E-state index in [1.54, 1.807) is 18.2 Å². The van der Waals surface area contributed by atoms with E-state index in [2.05, 4.69) is 26.5 Å². The minimum atomic E-state index is -0.688. The second-order valence-corrected chi connectivity index (χ2v) is 9.08. The lowest BCUT2D eigenvalue weighted by atomic mass is 9.95. The Morgan fingerprint density at radius 1 is 1.06 bits per heavy atom. The fourth-order valence-electron chi connectivity index (χ4n) is 4.66. The van der Waals surface area contributed by atoms with E-state index >= 15 is 0 Å². The van der Waals surface area contributed by atoms with Crippen molar-refractivity contribution >= 4 is 23.6 Å². The Balaban J connectivity index is 1.28. The number of hydrogen-bond acceptors (Lipinski definition) is 7. The van der Waals surface area contributed by atoms with Gasteiger partial charge in [0, 0.05) is 50.0 Å². The Morgan fingerprint density at radius 2 is 1.77 bits per heavy atom. The van der Waals surface area contributed by atoms with Gasteiger partial charge in [0.2, 0.25) is 6.79 Å². The maximum Gasteiger partial charge on any atom is 0.338 e. The molecule has 0 radical (unpaired) electrons. The largest absolute Gasteiger partial charge is 0.466 e. The van der Waals surface area contributed by atoms with E-state index < -0.39 is 12.0 Å². The second-order valence-electron chi connectivity index (χ2n) is 8.68. The minimum Gasteiger partial charge on any atom is -0.466 e. The number of urea groups is 1. The lowest BCUT2D eigenvalue weighted by molar-refractivity contribution is -0.136. The van der Waals surface area contributed by atoms with Gasteiger partial charge in [-0.15, -0.1) is 0 Å². The average molecular weight is 499 g/mol. The monoisotopic (exact) mass is 498 g/mol. The highest BCUT2D eigenvalue weighted by atomic mass is 35.5. The first kappa shape index (κ1) is 23.5. The SMILES string of the molecule is COC(=O)C1=C(CN2CCN(Cc3ccc4c(c3)OCO4)CC2)NC(=O)N[C@H]1c1ccccc1Cl. The van der Waals surface area contributed by atoms with Crippen molar-refractivity contribution in [2.24, 2.45) is 0 Å². The molecule has 3 aliphatic heterocycles. The van der Waals surface area contributed by atoms with E-state index in [4.69, 9.17) is 25.8 Å². The molecule has 9 nitrogen and oxygen atoms in total. The van der Waals surface area contributed by atoms with Gasteiger partial charge in [0.15, 0.2) is 11.5 Å². The lowest BCUT2D eigenvalue weighted by Crippen LogP contribution is -2.51. The number of fused-ring (bicyclic) bond motifs is 1. The van der Waals surface area contributed by atoms with Crippen molar-refractivity contribution < 1.29 is 23.8 Å². The van der Waals surface area contributed by atoms with Gasteiger partial charge in [-0.1, -0.05) is 35.9 Å². The van der Waals surface area contributed by atoms with Crippen molar-refractivity contribution in [3.05, 3.63) is 69.9 Å². The third-order valence-corrected chi connectivity index (χ3v) is 6.81. The highest BCUT2D eigenvalue weighted by Crippen LogP contribution is 2.34. The third-order valence-electron chi connectivity index (χ3n) is 6.46. The molecule has 2 aromatic rings. The van der Waals surface area contributed by atoms with Crippen LogP contribution in [0.1, 0.15) is 17.2 Å². The Bertz CT molecular complexity index is 1160. The van der Waals surface area contributed by atoms with Gasteiger partial charge in [-0.2, -0.15) is 0 Å². The highest BCUT2D eigenvalue weighted by molar-refractivity contribution is 6.31. The number of carbonyl (C=O) groups excluding carboxylic acids is 2. The van der Waals surface area contributed by atoms with Crippen LogP contribution in [0.3, 0.4) is 0 Å². The van der Waals surface area contributed by atoms with E-state index in [1.165, 1.54) is 12.7 Å². The van der Waals surface area contributed by atoms with Crippen molar-refractivity contribution in [3.8, 4) is 11.5 Å². The molecule has 3 aliphatic rings. The number of nitrogens with one attached hydrogen (secondary N) is 2. The molecule has 0 unspecified atom stereocenters. The molecule has 0 saturated carbocycles. The van der Waals surface area contributed by atoms with Gasteiger partial charge in [0.25, 0.3) is 0 Å². The number of ether oxygens (including phenoxy) is 3. The predicted molar refractivity (Wildman–Crippen MR) is 129 cm³/mol. The van der Waals surface area contributed by atoms with Gasteiger partial charge in [-0.3, -0.25) is 9.80 Å². The summed E-state index contributed by atoms with van der Waals surface area (Å²) in [4.78, 5) is 29.9. The molecule has 1 fully saturated rings. The summed E-state index contributed by atoms with van der Waals surface area (Å²) in [6.07, 6.45) is 0. The van der Waals surface area contributed by atoms with Crippen LogP contribution in [0.2, 0.25) is 5.02 Å². The number of esters is 1. The summed E-state index contributed by atoms with van der Waals surface area (Å²) in [6, 6.07) is 12.1. The Labute approximate surface area is 208 Å². The second kappa shape index (κ2) is 10.2. The van der Waals surface area contributed by atoms with Crippen LogP contribution in [-0.2, 0) is 16.1 Å². The molecule has 0 spiro atoms. The molecule has 2 aromatic carbocycles. The van der Waals surface area contributed by atoms with Crippen LogP contribution in [0.25, 0.3) is 0 Å². The number of piperazine rings is 1. The summed E-state index contributed by atoms with van der Waals surface area (Å²) in [7, 11) is 1.34. The van der Waals surface area contributed by atoms with Crippen LogP contribution in [0.5, 0.6) is 11.5 Å². The third kappa shape index (κ3) is 5.07. The van der Waals surface area contributed by atoms with Gasteiger partial charge in [-0.05, 0) is 29.3 Å². The quantitative estimate of drug-likeness (QED) is 0.591. The molecule has 5 rings (SSSR count). The zero-order valence-electron chi connectivity index (χ0n) is 19.4. The summed E-state index contributed by atoms with van der Waals surface area (Å²) in [5.41, 5.74) is 2.72. The number of nitrogens with zero attached hydrogens (tertiary/aromatic N) is 2. The van der Waals surface area contributed by atoms with E-state index in [0.29, 0.717) is 28.4 Å². The Kier molecular flexibility index (Phi) is 6.81. The molecule has 10 heteroatoms. The van der Waals surface area contributed by atoms with Gasteiger partial charge in [0.05, 0.1) is 18.7 Å². The van der Waals surface area contributed by atoms with Crippen molar-refractivity contribution in [2.75, 3.05) is 46.6 Å². The molecule has 184 valence electrons. The van der Waals surface area contributed by atoms with E-state index in [9.17, 15) is 9.59 Å². The molecule has 2 N–H and O–H groups in total. The fourth-order valence-corrected chi connectivity index (χ4v) is 4.91. The standard InChI is InChI=1S/C25H27ClN4O5/c1-33-24(31)22-19(27-25(32)28-23(22)17-4-2-3-5-18(17)26)14-30-10-8-29(9-11-30)13-16-6-7-20-21(12-16)35-15-34-20/h2-7,12,23H,8-11,13-15H2,1H3,(H2,27,28,32)/t23-/m0/s1.